The van der Waals surface area contributed by atoms with Crippen molar-refractivity contribution in [3.05, 3.63) is 44.7 Å². The molecular formula is C19H19BrN2O4S. The molecule has 142 valence electrons. The monoisotopic (exact) mass is 450 g/mol. The second kappa shape index (κ2) is 7.82. The number of aryl methyl sites for hydroxylation is 1. The first-order valence-electron chi connectivity index (χ1n) is 8.37. The van der Waals surface area contributed by atoms with Gasteiger partial charge >= 0.3 is 5.97 Å². The normalized spacial score (nSPS) is 16.5. The van der Waals surface area contributed by atoms with E-state index >= 15 is 0 Å². The summed E-state index contributed by atoms with van der Waals surface area (Å²) in [6, 6.07) is 7.41. The summed E-state index contributed by atoms with van der Waals surface area (Å²) in [5, 5.41) is 3.29. The zero-order valence-corrected chi connectivity index (χ0v) is 17.6. The van der Waals surface area contributed by atoms with Gasteiger partial charge < -0.3 is 15.0 Å². The van der Waals surface area contributed by atoms with Gasteiger partial charge in [-0.15, -0.1) is 11.3 Å². The maximum atomic E-state index is 12.8. The summed E-state index contributed by atoms with van der Waals surface area (Å²) < 4.78 is 5.63. The number of methoxy groups -OCH3 is 1. The van der Waals surface area contributed by atoms with E-state index < -0.39 is 11.9 Å². The van der Waals surface area contributed by atoms with E-state index in [9.17, 15) is 14.4 Å². The number of esters is 1. The van der Waals surface area contributed by atoms with Gasteiger partial charge in [0.2, 0.25) is 11.8 Å². The number of anilines is 2. The first kappa shape index (κ1) is 19.6. The number of amides is 2. The number of halogens is 1. The van der Waals surface area contributed by atoms with Crippen molar-refractivity contribution in [3.8, 4) is 0 Å². The van der Waals surface area contributed by atoms with Crippen molar-refractivity contribution in [2.75, 3.05) is 23.9 Å². The van der Waals surface area contributed by atoms with E-state index in [1.165, 1.54) is 18.4 Å². The molecule has 1 N–H and O–H groups in total. The molecule has 1 aliphatic rings. The average Bonchev–Trinajstić information content (AvgIpc) is 3.15. The molecule has 1 aliphatic heterocycles. The number of ether oxygens (including phenoxy) is 1. The molecule has 3 rings (SSSR count). The molecule has 1 fully saturated rings. The molecule has 1 aromatic heterocycles. The largest absolute Gasteiger partial charge is 0.465 e. The predicted molar refractivity (Wildman–Crippen MR) is 108 cm³/mol. The van der Waals surface area contributed by atoms with Gasteiger partial charge in [0.15, 0.2) is 0 Å². The van der Waals surface area contributed by atoms with Gasteiger partial charge in [-0.05, 0) is 47.5 Å². The molecule has 2 heterocycles. The Kier molecular flexibility index (Phi) is 5.67. The lowest BCUT2D eigenvalue weighted by molar-refractivity contribution is -0.122. The first-order chi connectivity index (χ1) is 12.8. The number of hydrogen-bond acceptors (Lipinski definition) is 5. The van der Waals surface area contributed by atoms with E-state index in [-0.39, 0.29) is 18.2 Å². The molecule has 0 radical (unpaired) electrons. The van der Waals surface area contributed by atoms with E-state index in [4.69, 9.17) is 4.74 Å². The topological polar surface area (TPSA) is 75.7 Å². The van der Waals surface area contributed by atoms with Crippen molar-refractivity contribution in [3.63, 3.8) is 0 Å². The maximum absolute atomic E-state index is 12.8. The van der Waals surface area contributed by atoms with Crippen LogP contribution in [0.4, 0.5) is 10.7 Å². The Bertz CT molecular complexity index is 924. The van der Waals surface area contributed by atoms with Gasteiger partial charge in [-0.25, -0.2) is 4.79 Å². The van der Waals surface area contributed by atoms with Crippen LogP contribution >= 0.6 is 27.3 Å². The lowest BCUT2D eigenvalue weighted by atomic mass is 10.1. The van der Waals surface area contributed by atoms with E-state index in [0.717, 1.165) is 20.6 Å². The number of rotatable bonds is 4. The highest BCUT2D eigenvalue weighted by Crippen LogP contribution is 2.35. The maximum Gasteiger partial charge on any atom is 0.341 e. The molecule has 6 nitrogen and oxygen atoms in total. The molecule has 1 aromatic carbocycles. The third-order valence-electron chi connectivity index (χ3n) is 4.65. The number of carbonyl (C=O) groups excluding carboxylic acids is 3. The summed E-state index contributed by atoms with van der Waals surface area (Å²) in [4.78, 5) is 39.8. The Labute approximate surface area is 169 Å². The summed E-state index contributed by atoms with van der Waals surface area (Å²) >= 11 is 4.78. The Balaban J connectivity index is 1.79. The van der Waals surface area contributed by atoms with Crippen molar-refractivity contribution in [1.82, 2.24) is 0 Å². The summed E-state index contributed by atoms with van der Waals surface area (Å²) in [7, 11) is 1.31. The summed E-state index contributed by atoms with van der Waals surface area (Å²) in [6.45, 7) is 4.00. The summed E-state index contributed by atoms with van der Waals surface area (Å²) in [6.07, 6.45) is 0.129. The highest BCUT2D eigenvalue weighted by molar-refractivity contribution is 9.10. The second-order valence-electron chi connectivity index (χ2n) is 6.33. The SMILES string of the molecule is COC(=O)c1c(NC(=O)C2CC(=O)N(c3ccccc3Br)C2)sc(C)c1C. The molecule has 0 spiro atoms. The van der Waals surface area contributed by atoms with E-state index in [0.29, 0.717) is 17.1 Å². The lowest BCUT2D eigenvalue weighted by Gasteiger charge is -2.18. The average molecular weight is 451 g/mol. The second-order valence-corrected chi connectivity index (χ2v) is 8.40. The number of carbonyl (C=O) groups is 3. The number of nitrogens with one attached hydrogen (secondary N) is 1. The standard InChI is InChI=1S/C19H19BrN2O4S/c1-10-11(2)27-18(16(10)19(25)26-3)21-17(24)12-8-15(23)22(9-12)14-7-5-4-6-13(14)20/h4-7,12H,8-9H2,1-3H3,(H,21,24). The van der Waals surface area contributed by atoms with Crippen molar-refractivity contribution in [2.24, 2.45) is 5.92 Å². The van der Waals surface area contributed by atoms with Crippen LogP contribution in [0.5, 0.6) is 0 Å². The van der Waals surface area contributed by atoms with Crippen molar-refractivity contribution < 1.29 is 19.1 Å². The van der Waals surface area contributed by atoms with Crippen LogP contribution in [-0.2, 0) is 14.3 Å². The fourth-order valence-corrected chi connectivity index (χ4v) is 4.61. The highest BCUT2D eigenvalue weighted by Gasteiger charge is 2.36. The molecule has 2 amide bonds. The smallest absolute Gasteiger partial charge is 0.341 e. The summed E-state index contributed by atoms with van der Waals surface area (Å²) in [5.74, 6) is -1.35. The van der Waals surface area contributed by atoms with Gasteiger partial charge in [0.25, 0.3) is 0 Å². The van der Waals surface area contributed by atoms with Gasteiger partial charge in [-0.1, -0.05) is 12.1 Å². The quantitative estimate of drug-likeness (QED) is 0.716. The molecule has 1 unspecified atom stereocenters. The number of hydrogen-bond donors (Lipinski definition) is 1. The molecule has 0 bridgehead atoms. The van der Waals surface area contributed by atoms with Gasteiger partial charge in [0, 0.05) is 22.3 Å². The zero-order valence-electron chi connectivity index (χ0n) is 15.2. The Morgan fingerprint density at radius 2 is 2.00 bits per heavy atom. The van der Waals surface area contributed by atoms with Crippen LogP contribution in [0.25, 0.3) is 0 Å². The van der Waals surface area contributed by atoms with Crippen LogP contribution in [0.15, 0.2) is 28.7 Å². The molecule has 2 aromatic rings. The van der Waals surface area contributed by atoms with E-state index in [2.05, 4.69) is 21.2 Å². The van der Waals surface area contributed by atoms with Crippen molar-refractivity contribution >= 4 is 55.7 Å². The molecule has 27 heavy (non-hydrogen) atoms. The highest BCUT2D eigenvalue weighted by atomic mass is 79.9. The van der Waals surface area contributed by atoms with Gasteiger partial charge in [-0.2, -0.15) is 0 Å². The predicted octanol–water partition coefficient (Wildman–Crippen LogP) is 3.91. The lowest BCUT2D eigenvalue weighted by Crippen LogP contribution is -2.28. The number of thiophene rings is 1. The van der Waals surface area contributed by atoms with Crippen LogP contribution < -0.4 is 10.2 Å². The molecule has 1 atom stereocenters. The van der Waals surface area contributed by atoms with Crippen LogP contribution in [0, 0.1) is 19.8 Å². The first-order valence-corrected chi connectivity index (χ1v) is 9.98. The van der Waals surface area contributed by atoms with Crippen LogP contribution in [-0.4, -0.2) is 31.4 Å². The fraction of sp³-hybridized carbons (Fsp3) is 0.316. The molecule has 0 aliphatic carbocycles. The molecular weight excluding hydrogens is 432 g/mol. The van der Waals surface area contributed by atoms with Gasteiger partial charge in [0.1, 0.15) is 5.00 Å². The minimum atomic E-state index is -0.488. The molecule has 8 heteroatoms. The number of benzene rings is 1. The molecule has 0 saturated carbocycles. The summed E-state index contributed by atoms with van der Waals surface area (Å²) in [5.41, 5.74) is 1.91. The van der Waals surface area contributed by atoms with Crippen LogP contribution in [0.1, 0.15) is 27.2 Å². The fourth-order valence-electron chi connectivity index (χ4n) is 3.06. The van der Waals surface area contributed by atoms with Crippen LogP contribution in [0.2, 0.25) is 0 Å². The van der Waals surface area contributed by atoms with Crippen molar-refractivity contribution in [1.29, 1.82) is 0 Å². The number of nitrogens with zero attached hydrogens (tertiary/aromatic N) is 1. The van der Waals surface area contributed by atoms with Crippen LogP contribution in [0.3, 0.4) is 0 Å². The third kappa shape index (κ3) is 3.77. The van der Waals surface area contributed by atoms with Gasteiger partial charge in [-0.3, -0.25) is 9.59 Å². The number of para-hydroxylation sites is 1. The minimum Gasteiger partial charge on any atom is -0.465 e. The van der Waals surface area contributed by atoms with Gasteiger partial charge in [0.05, 0.1) is 24.3 Å². The third-order valence-corrected chi connectivity index (χ3v) is 6.44. The zero-order chi connectivity index (χ0) is 19.7. The van der Waals surface area contributed by atoms with E-state index in [1.54, 1.807) is 4.90 Å². The van der Waals surface area contributed by atoms with E-state index in [1.807, 2.05) is 38.1 Å². The Morgan fingerprint density at radius 1 is 1.30 bits per heavy atom. The van der Waals surface area contributed by atoms with Crippen molar-refractivity contribution in [2.45, 2.75) is 20.3 Å². The minimum absolute atomic E-state index is 0.103. The Hall–Kier alpha value is -2.19. The molecule has 1 saturated heterocycles. The Morgan fingerprint density at radius 3 is 2.67 bits per heavy atom.